The third kappa shape index (κ3) is 3.70. The quantitative estimate of drug-likeness (QED) is 0.340. The van der Waals surface area contributed by atoms with E-state index >= 15 is 0 Å². The summed E-state index contributed by atoms with van der Waals surface area (Å²) < 4.78 is 0.272. The molecule has 0 amide bonds. The third-order valence-electron chi connectivity index (χ3n) is 5.55. The number of allylic oxidation sites excluding steroid dienone is 1. The van der Waals surface area contributed by atoms with Crippen molar-refractivity contribution >= 4 is 23.1 Å². The van der Waals surface area contributed by atoms with Crippen LogP contribution in [0.3, 0.4) is 0 Å². The van der Waals surface area contributed by atoms with Crippen molar-refractivity contribution in [1.82, 2.24) is 0 Å². The van der Waals surface area contributed by atoms with Gasteiger partial charge in [0.2, 0.25) is 0 Å². The van der Waals surface area contributed by atoms with Crippen LogP contribution >= 0.6 is 17.0 Å². The van der Waals surface area contributed by atoms with Gasteiger partial charge < -0.3 is 0 Å². The predicted octanol–water partition coefficient (Wildman–Crippen LogP) is 8.49. The SMILES string of the molecule is CCCC1=Cc2c(ccc(-c3ccccc3)c2-c2ccccc2C)[CH]1[Zr]([Cl])[Cl]. The van der Waals surface area contributed by atoms with Gasteiger partial charge in [0.1, 0.15) is 0 Å². The van der Waals surface area contributed by atoms with E-state index in [2.05, 4.69) is 86.7 Å². The van der Waals surface area contributed by atoms with E-state index in [1.54, 1.807) is 0 Å². The second-order valence-electron chi connectivity index (χ2n) is 7.36. The fraction of sp³-hybridized carbons (Fsp3) is 0.200. The summed E-state index contributed by atoms with van der Waals surface area (Å²) in [5, 5.41) is 0. The molecule has 0 saturated heterocycles. The summed E-state index contributed by atoms with van der Waals surface area (Å²) in [5.41, 5.74) is 10.5. The van der Waals surface area contributed by atoms with E-state index in [0.29, 0.717) is 0 Å². The molecule has 3 aromatic rings. The van der Waals surface area contributed by atoms with Crippen LogP contribution in [0.15, 0.2) is 72.3 Å². The van der Waals surface area contributed by atoms with Crippen LogP contribution in [0.1, 0.15) is 40.1 Å². The number of halogens is 2. The summed E-state index contributed by atoms with van der Waals surface area (Å²) in [5.74, 6) is 0. The molecule has 0 bridgehead atoms. The first-order valence-electron chi connectivity index (χ1n) is 9.78. The Morgan fingerprint density at radius 3 is 2.25 bits per heavy atom. The Morgan fingerprint density at radius 2 is 1.57 bits per heavy atom. The number of fused-ring (bicyclic) bond motifs is 1. The molecule has 1 aliphatic rings. The van der Waals surface area contributed by atoms with Crippen LogP contribution in [0.25, 0.3) is 28.3 Å². The Bertz CT molecular complexity index is 1020. The van der Waals surface area contributed by atoms with Crippen molar-refractivity contribution in [3.8, 4) is 22.3 Å². The normalized spacial score (nSPS) is 15.3. The van der Waals surface area contributed by atoms with Crippen molar-refractivity contribution in [2.75, 3.05) is 0 Å². The number of hydrogen-bond acceptors (Lipinski definition) is 0. The maximum atomic E-state index is 6.65. The first kappa shape index (κ1) is 20.1. The minimum absolute atomic E-state index is 0.272. The Balaban J connectivity index is 2.03. The number of aryl methyl sites for hydroxylation is 1. The second kappa shape index (κ2) is 8.70. The van der Waals surface area contributed by atoms with Gasteiger partial charge in [-0.25, -0.2) is 0 Å². The summed E-state index contributed by atoms with van der Waals surface area (Å²) in [7, 11) is 13.3. The van der Waals surface area contributed by atoms with Crippen LogP contribution in [0.4, 0.5) is 0 Å². The van der Waals surface area contributed by atoms with Gasteiger partial charge in [-0.1, -0.05) is 0 Å². The van der Waals surface area contributed by atoms with Crippen LogP contribution in [-0.4, -0.2) is 0 Å². The van der Waals surface area contributed by atoms with Gasteiger partial charge in [0.15, 0.2) is 0 Å². The van der Waals surface area contributed by atoms with E-state index < -0.39 is 19.4 Å². The van der Waals surface area contributed by atoms with E-state index in [-0.39, 0.29) is 3.63 Å². The van der Waals surface area contributed by atoms with E-state index in [1.165, 1.54) is 44.5 Å². The molecular formula is C25H23Cl2Zr. The molecule has 0 spiro atoms. The summed E-state index contributed by atoms with van der Waals surface area (Å²) >= 11 is -2.49. The standard InChI is InChI=1S/C25H23.2ClH.Zr/c1-3-9-19-16-21-14-15-23(20-11-5-4-6-12-20)25(24(21)17-19)22-13-8-7-10-18(22)2;;;/h4-8,10-17H,3,9H2,1-2H3;2*1H;/q;;;+2/p-2. The average molecular weight is 486 g/mol. The molecule has 3 heteroatoms. The second-order valence-corrected chi connectivity index (χ2v) is 16.2. The van der Waals surface area contributed by atoms with E-state index in [4.69, 9.17) is 17.0 Å². The Hall–Kier alpha value is -1.14. The maximum absolute atomic E-state index is 6.65. The fourth-order valence-electron chi connectivity index (χ4n) is 4.28. The zero-order valence-electron chi connectivity index (χ0n) is 16.2. The van der Waals surface area contributed by atoms with Crippen LogP contribution in [0.5, 0.6) is 0 Å². The van der Waals surface area contributed by atoms with Gasteiger partial charge in [0, 0.05) is 0 Å². The molecule has 1 atom stereocenters. The van der Waals surface area contributed by atoms with Crippen LogP contribution < -0.4 is 0 Å². The molecule has 1 aliphatic carbocycles. The molecular weight excluding hydrogens is 462 g/mol. The van der Waals surface area contributed by atoms with Crippen molar-refractivity contribution in [2.45, 2.75) is 30.3 Å². The third-order valence-corrected chi connectivity index (χ3v) is 10.9. The molecule has 0 radical (unpaired) electrons. The summed E-state index contributed by atoms with van der Waals surface area (Å²) in [6.45, 7) is 4.42. The molecule has 3 aromatic carbocycles. The Morgan fingerprint density at radius 1 is 0.857 bits per heavy atom. The molecule has 0 fully saturated rings. The van der Waals surface area contributed by atoms with Crippen molar-refractivity contribution in [3.63, 3.8) is 0 Å². The van der Waals surface area contributed by atoms with Gasteiger partial charge in [-0.15, -0.1) is 0 Å². The molecule has 141 valence electrons. The van der Waals surface area contributed by atoms with Crippen molar-refractivity contribution in [3.05, 3.63) is 89.0 Å². The molecule has 0 aliphatic heterocycles. The first-order valence-corrected chi connectivity index (χ1v) is 17.5. The van der Waals surface area contributed by atoms with Crippen LogP contribution in [0, 0.1) is 6.92 Å². The molecule has 0 nitrogen and oxygen atoms in total. The first-order chi connectivity index (χ1) is 13.6. The zero-order valence-corrected chi connectivity index (χ0v) is 20.1. The van der Waals surface area contributed by atoms with Crippen molar-refractivity contribution < 1.29 is 19.4 Å². The van der Waals surface area contributed by atoms with E-state index in [9.17, 15) is 0 Å². The zero-order chi connectivity index (χ0) is 19.7. The predicted molar refractivity (Wildman–Crippen MR) is 119 cm³/mol. The van der Waals surface area contributed by atoms with E-state index in [1.807, 2.05) is 0 Å². The van der Waals surface area contributed by atoms with Gasteiger partial charge in [0.05, 0.1) is 0 Å². The topological polar surface area (TPSA) is 0 Å². The van der Waals surface area contributed by atoms with Crippen molar-refractivity contribution in [2.24, 2.45) is 0 Å². The molecule has 28 heavy (non-hydrogen) atoms. The van der Waals surface area contributed by atoms with Gasteiger partial charge in [-0.2, -0.15) is 0 Å². The van der Waals surface area contributed by atoms with Crippen LogP contribution in [0.2, 0.25) is 0 Å². The van der Waals surface area contributed by atoms with Crippen molar-refractivity contribution in [1.29, 1.82) is 0 Å². The summed E-state index contributed by atoms with van der Waals surface area (Å²) in [4.78, 5) is 0. The fourth-order valence-corrected chi connectivity index (χ4v) is 9.77. The summed E-state index contributed by atoms with van der Waals surface area (Å²) in [6.07, 6.45) is 4.57. The Kier molecular flexibility index (Phi) is 6.26. The molecule has 0 N–H and O–H groups in total. The van der Waals surface area contributed by atoms with Gasteiger partial charge in [0.25, 0.3) is 0 Å². The Labute approximate surface area is 183 Å². The van der Waals surface area contributed by atoms with Gasteiger partial charge in [-0.3, -0.25) is 0 Å². The molecule has 4 rings (SSSR count). The molecule has 0 saturated carbocycles. The minimum atomic E-state index is -2.49. The van der Waals surface area contributed by atoms with Gasteiger partial charge in [-0.05, 0) is 0 Å². The van der Waals surface area contributed by atoms with Crippen LogP contribution in [-0.2, 0) is 19.4 Å². The van der Waals surface area contributed by atoms with Gasteiger partial charge >= 0.3 is 184 Å². The van der Waals surface area contributed by atoms with E-state index in [0.717, 1.165) is 12.8 Å². The number of rotatable bonds is 5. The average Bonchev–Trinajstić information content (AvgIpc) is 3.07. The molecule has 1 unspecified atom stereocenters. The summed E-state index contributed by atoms with van der Waals surface area (Å²) in [6, 6.07) is 23.9. The number of hydrogen-bond donors (Lipinski definition) is 0. The molecule has 0 heterocycles. The monoisotopic (exact) mass is 483 g/mol. The molecule has 0 aromatic heterocycles. The number of benzene rings is 3.